The second kappa shape index (κ2) is 13.8. The molecule has 55 heavy (non-hydrogen) atoms. The molecule has 2 aliphatic carbocycles. The van der Waals surface area contributed by atoms with E-state index in [1.165, 1.54) is 4.90 Å². The Labute approximate surface area is 321 Å². The smallest absolute Gasteiger partial charge is 0.408 e. The number of benzene rings is 1. The summed E-state index contributed by atoms with van der Waals surface area (Å²) >= 11 is 0. The lowest BCUT2D eigenvalue weighted by Crippen LogP contribution is -2.58. The van der Waals surface area contributed by atoms with Crippen LogP contribution in [-0.2, 0) is 35.6 Å². The molecule has 1 aromatic heterocycles. The van der Waals surface area contributed by atoms with Gasteiger partial charge in [0.25, 0.3) is 5.91 Å². The molecule has 1 spiro atoms. The molecular formula is C40H50N6O8S. The number of nitriles is 1. The highest BCUT2D eigenvalue weighted by Gasteiger charge is 2.64. The quantitative estimate of drug-likeness (QED) is 0.376. The molecule has 5 aliphatic rings. The van der Waals surface area contributed by atoms with E-state index in [9.17, 15) is 32.9 Å². The van der Waals surface area contributed by atoms with Gasteiger partial charge in [0.1, 0.15) is 34.6 Å². The van der Waals surface area contributed by atoms with Gasteiger partial charge in [0.05, 0.1) is 34.1 Å². The molecule has 0 radical (unpaired) electrons. The van der Waals surface area contributed by atoms with Crippen molar-refractivity contribution in [1.82, 2.24) is 25.2 Å². The lowest BCUT2D eigenvalue weighted by Gasteiger charge is -2.36. The zero-order chi connectivity index (χ0) is 39.6. The van der Waals surface area contributed by atoms with Gasteiger partial charge in [0, 0.05) is 23.3 Å². The monoisotopic (exact) mass is 774 g/mol. The molecule has 1 aromatic carbocycles. The summed E-state index contributed by atoms with van der Waals surface area (Å²) in [5, 5.41) is 16.1. The number of hydrogen-bond donors (Lipinski definition) is 3. The van der Waals surface area contributed by atoms with Crippen molar-refractivity contribution in [2.24, 2.45) is 5.92 Å². The third-order valence-electron chi connectivity index (χ3n) is 11.8. The normalized spacial score (nSPS) is 29.5. The first kappa shape index (κ1) is 38.6. The van der Waals surface area contributed by atoms with Gasteiger partial charge >= 0.3 is 6.09 Å². The van der Waals surface area contributed by atoms with E-state index in [1.54, 1.807) is 45.9 Å². The molecule has 3 aliphatic heterocycles. The lowest BCUT2D eigenvalue weighted by molar-refractivity contribution is -0.141. The van der Waals surface area contributed by atoms with E-state index in [-0.39, 0.29) is 19.4 Å². The summed E-state index contributed by atoms with van der Waals surface area (Å²) in [4.78, 5) is 62.6. The number of sulfonamides is 1. The first-order chi connectivity index (χ1) is 25.9. The van der Waals surface area contributed by atoms with Crippen LogP contribution in [-0.4, -0.2) is 82.2 Å². The van der Waals surface area contributed by atoms with Crippen molar-refractivity contribution in [2.45, 2.75) is 139 Å². The maximum absolute atomic E-state index is 14.7. The van der Waals surface area contributed by atoms with E-state index < -0.39 is 73.3 Å². The molecule has 3 fully saturated rings. The lowest BCUT2D eigenvalue weighted by atomic mass is 9.87. The van der Waals surface area contributed by atoms with Crippen molar-refractivity contribution in [3.8, 4) is 11.8 Å². The molecule has 2 aromatic rings. The zero-order valence-electron chi connectivity index (χ0n) is 32.1. The highest BCUT2D eigenvalue weighted by atomic mass is 32.2. The Morgan fingerprint density at radius 1 is 1.13 bits per heavy atom. The fourth-order valence-corrected chi connectivity index (χ4v) is 9.52. The van der Waals surface area contributed by atoms with Crippen LogP contribution < -0.4 is 20.1 Å². The number of alkyl carbamates (subject to hydrolysis) is 1. The molecule has 1 saturated heterocycles. The number of pyridine rings is 1. The van der Waals surface area contributed by atoms with Gasteiger partial charge in [0.2, 0.25) is 21.8 Å². The van der Waals surface area contributed by atoms with E-state index in [0.29, 0.717) is 62.0 Å². The molecule has 7 rings (SSSR count). The van der Waals surface area contributed by atoms with Gasteiger partial charge in [0.15, 0.2) is 0 Å². The Morgan fingerprint density at radius 2 is 1.89 bits per heavy atom. The maximum Gasteiger partial charge on any atom is 0.408 e. The first-order valence-electron chi connectivity index (χ1n) is 19.3. The highest BCUT2D eigenvalue weighted by Crippen LogP contribution is 2.49. The number of amides is 4. The number of ether oxygens (including phenoxy) is 2. The topological polar surface area (TPSA) is 197 Å². The maximum atomic E-state index is 14.7. The van der Waals surface area contributed by atoms with Crippen LogP contribution in [0.2, 0.25) is 0 Å². The average molecular weight is 775 g/mol. The van der Waals surface area contributed by atoms with E-state index in [4.69, 9.17) is 14.5 Å². The molecule has 294 valence electrons. The van der Waals surface area contributed by atoms with Crippen molar-refractivity contribution < 1.29 is 37.1 Å². The average Bonchev–Trinajstić information content (AvgIpc) is 4.01. The van der Waals surface area contributed by atoms with Gasteiger partial charge < -0.3 is 25.0 Å². The summed E-state index contributed by atoms with van der Waals surface area (Å²) in [6, 6.07) is 5.37. The summed E-state index contributed by atoms with van der Waals surface area (Å²) in [5.74, 6) is -1.79. The molecule has 5 atom stereocenters. The van der Waals surface area contributed by atoms with Crippen LogP contribution in [0.1, 0.15) is 109 Å². The number of aryl methyl sites for hydroxylation is 2. The molecule has 4 heterocycles. The van der Waals surface area contributed by atoms with Gasteiger partial charge in [-0.05, 0) is 104 Å². The van der Waals surface area contributed by atoms with Crippen molar-refractivity contribution in [3.05, 3.63) is 47.2 Å². The van der Waals surface area contributed by atoms with Crippen molar-refractivity contribution in [1.29, 1.82) is 5.26 Å². The van der Waals surface area contributed by atoms with Crippen LogP contribution in [0.3, 0.4) is 0 Å². The SMILES string of the molecule is Cc1nc2ccc(C#N)cc2c2c1O[C@]1(CC2)C[C@H]2C(=O)N[C@]3(C(=O)NS(=O)(=O)C4(C)CC4)C[C@H]3/C=C\CCCCC[C@H](NC(=O)OC(C)(C)C)C(=O)N2C1. The minimum atomic E-state index is -4.00. The van der Waals surface area contributed by atoms with Gasteiger partial charge in [-0.15, -0.1) is 0 Å². The minimum absolute atomic E-state index is 0.0147. The third kappa shape index (κ3) is 7.49. The van der Waals surface area contributed by atoms with Gasteiger partial charge in [-0.3, -0.25) is 19.1 Å². The Morgan fingerprint density at radius 3 is 2.60 bits per heavy atom. The van der Waals surface area contributed by atoms with E-state index in [2.05, 4.69) is 21.4 Å². The number of hydrogen-bond acceptors (Lipinski definition) is 10. The number of nitrogens with zero attached hydrogens (tertiary/aromatic N) is 3. The predicted octanol–water partition coefficient (Wildman–Crippen LogP) is 4.37. The summed E-state index contributed by atoms with van der Waals surface area (Å²) in [5.41, 5.74) is -0.622. The van der Waals surface area contributed by atoms with Crippen molar-refractivity contribution in [2.75, 3.05) is 6.54 Å². The van der Waals surface area contributed by atoms with Crippen LogP contribution in [0.15, 0.2) is 30.4 Å². The minimum Gasteiger partial charge on any atom is -0.483 e. The first-order valence-corrected chi connectivity index (χ1v) is 20.7. The number of fused-ring (bicyclic) bond motifs is 5. The van der Waals surface area contributed by atoms with Crippen molar-refractivity contribution in [3.63, 3.8) is 0 Å². The molecule has 14 nitrogen and oxygen atoms in total. The number of nitrogens with one attached hydrogen (secondary N) is 3. The Hall–Kier alpha value is -4.71. The van der Waals surface area contributed by atoms with Crippen LogP contribution >= 0.6 is 0 Å². The van der Waals surface area contributed by atoms with Gasteiger partial charge in [-0.1, -0.05) is 25.0 Å². The number of carbonyl (C=O) groups is 4. The molecule has 0 unspecified atom stereocenters. The number of carbonyl (C=O) groups excluding carboxylic acids is 4. The second-order valence-electron chi connectivity index (χ2n) is 17.2. The summed E-state index contributed by atoms with van der Waals surface area (Å²) < 4.78 is 40.0. The number of rotatable bonds is 4. The van der Waals surface area contributed by atoms with Crippen LogP contribution in [0.4, 0.5) is 4.79 Å². The molecular weight excluding hydrogens is 725 g/mol. The summed E-state index contributed by atoms with van der Waals surface area (Å²) in [7, 11) is -4.00. The third-order valence-corrected chi connectivity index (χ3v) is 14.0. The molecule has 4 amide bonds. The van der Waals surface area contributed by atoms with Gasteiger partial charge in [-0.25, -0.2) is 18.2 Å². The van der Waals surface area contributed by atoms with E-state index >= 15 is 0 Å². The fourth-order valence-electron chi connectivity index (χ4n) is 8.21. The summed E-state index contributed by atoms with van der Waals surface area (Å²) in [6.45, 7) is 8.64. The van der Waals surface area contributed by atoms with Crippen LogP contribution in [0.25, 0.3) is 10.9 Å². The zero-order valence-corrected chi connectivity index (χ0v) is 32.9. The Balaban J connectivity index is 1.24. The number of aromatic nitrogens is 1. The largest absolute Gasteiger partial charge is 0.483 e. The molecule has 3 N–H and O–H groups in total. The Kier molecular flexibility index (Phi) is 9.67. The van der Waals surface area contributed by atoms with E-state index in [1.807, 2.05) is 19.1 Å². The fraction of sp³-hybridized carbons (Fsp3) is 0.600. The van der Waals surface area contributed by atoms with Crippen LogP contribution in [0.5, 0.6) is 5.75 Å². The summed E-state index contributed by atoms with van der Waals surface area (Å²) in [6.07, 6.45) is 8.34. The predicted molar refractivity (Wildman–Crippen MR) is 202 cm³/mol. The van der Waals surface area contributed by atoms with E-state index in [0.717, 1.165) is 29.3 Å². The van der Waals surface area contributed by atoms with Crippen molar-refractivity contribution >= 4 is 44.7 Å². The number of allylic oxidation sites excluding steroid dienone is 1. The molecule has 15 heteroatoms. The molecule has 2 saturated carbocycles. The molecule has 0 bridgehead atoms. The van der Waals surface area contributed by atoms with Crippen LogP contribution in [0, 0.1) is 24.2 Å². The Bertz CT molecular complexity index is 2140. The van der Waals surface area contributed by atoms with Gasteiger partial charge in [-0.2, -0.15) is 5.26 Å². The second-order valence-corrected chi connectivity index (χ2v) is 19.4. The standard InChI is InChI=1S/C40H50N6O8S/c1-24-32-27(28-19-25(22-41)13-14-29(28)42-24)15-16-39(53-32)21-31-33(47)44-40(35(49)45-55(51,52)38(5)17-18-38)20-26(40)11-9-7-6-8-10-12-30(34(48)46(31)23-39)43-36(50)54-37(2,3)4/h9,11,13-14,19,26,30-31H,6-8,10,12,15-18,20-21,23H2,1-5H3,(H,43,50)(H,44,47)(H,45,49)/b11-9-/t26-,30+,31+,39-,40-/m1/s1. The highest BCUT2D eigenvalue weighted by molar-refractivity contribution is 7.91.